The van der Waals surface area contributed by atoms with E-state index in [1.54, 1.807) is 10.7 Å². The number of nitrogen functional groups attached to an aromatic ring is 1. The Morgan fingerprint density at radius 1 is 1.10 bits per heavy atom. The van der Waals surface area contributed by atoms with Crippen molar-refractivity contribution in [2.75, 3.05) is 45.0 Å². The summed E-state index contributed by atoms with van der Waals surface area (Å²) in [7, 11) is 0. The maximum Gasteiger partial charge on any atom is 0.401 e. The summed E-state index contributed by atoms with van der Waals surface area (Å²) >= 11 is 0. The van der Waals surface area contributed by atoms with Gasteiger partial charge >= 0.3 is 6.18 Å². The molecule has 0 spiro atoms. The first-order chi connectivity index (χ1) is 9.42. The maximum absolute atomic E-state index is 12.3. The Kier molecular flexibility index (Phi) is 4.87. The predicted octanol–water partition coefficient (Wildman–Crippen LogP) is 1.04. The minimum atomic E-state index is -4.10. The molecule has 5 nitrogen and oxygen atoms in total. The van der Waals surface area contributed by atoms with Crippen molar-refractivity contribution in [3.05, 3.63) is 12.3 Å². The van der Waals surface area contributed by atoms with Gasteiger partial charge in [0.05, 0.1) is 6.54 Å². The highest BCUT2D eigenvalue weighted by Crippen LogP contribution is 2.17. The number of nitrogens with two attached hydrogens (primary N) is 1. The molecule has 2 rings (SSSR count). The number of alkyl halides is 3. The molecule has 0 amide bonds. The van der Waals surface area contributed by atoms with Gasteiger partial charge in [-0.05, 0) is 19.0 Å². The van der Waals surface area contributed by atoms with Crippen molar-refractivity contribution in [2.45, 2.75) is 19.1 Å². The van der Waals surface area contributed by atoms with Gasteiger partial charge < -0.3 is 10.6 Å². The van der Waals surface area contributed by atoms with Crippen LogP contribution in [0.4, 0.5) is 19.0 Å². The molecule has 8 heteroatoms. The Balaban J connectivity index is 1.62. The first-order valence-electron chi connectivity index (χ1n) is 6.73. The molecule has 1 aromatic heterocycles. The second kappa shape index (κ2) is 6.45. The monoisotopic (exact) mass is 291 g/mol. The van der Waals surface area contributed by atoms with E-state index in [-0.39, 0.29) is 0 Å². The molecule has 0 radical (unpaired) electrons. The van der Waals surface area contributed by atoms with Crippen LogP contribution in [-0.4, -0.2) is 65.0 Å². The van der Waals surface area contributed by atoms with Crippen molar-refractivity contribution in [3.63, 3.8) is 0 Å². The molecule has 114 valence electrons. The second-order valence-corrected chi connectivity index (χ2v) is 5.09. The normalized spacial score (nSPS) is 18.6. The van der Waals surface area contributed by atoms with Crippen LogP contribution in [0.5, 0.6) is 0 Å². The SMILES string of the molecule is Nc1ccn(CCCN2CCN(CC(F)(F)F)CC2)n1. The van der Waals surface area contributed by atoms with Gasteiger partial charge in [-0.25, -0.2) is 0 Å². The second-order valence-electron chi connectivity index (χ2n) is 5.09. The lowest BCUT2D eigenvalue weighted by Gasteiger charge is -2.34. The van der Waals surface area contributed by atoms with Crippen molar-refractivity contribution in [3.8, 4) is 0 Å². The fourth-order valence-corrected chi connectivity index (χ4v) is 2.38. The number of halogens is 3. The van der Waals surface area contributed by atoms with E-state index in [1.807, 2.05) is 6.20 Å². The molecular formula is C12H20F3N5. The van der Waals surface area contributed by atoms with Crippen LogP contribution in [0.2, 0.25) is 0 Å². The van der Waals surface area contributed by atoms with E-state index in [4.69, 9.17) is 5.73 Å². The van der Waals surface area contributed by atoms with E-state index < -0.39 is 12.7 Å². The summed E-state index contributed by atoms with van der Waals surface area (Å²) in [5.41, 5.74) is 5.52. The largest absolute Gasteiger partial charge is 0.401 e. The van der Waals surface area contributed by atoms with Crippen molar-refractivity contribution < 1.29 is 13.2 Å². The molecule has 0 unspecified atom stereocenters. The molecule has 2 N–H and O–H groups in total. The zero-order chi connectivity index (χ0) is 14.6. The van der Waals surface area contributed by atoms with Gasteiger partial charge in [0.25, 0.3) is 0 Å². The van der Waals surface area contributed by atoms with Gasteiger partial charge in [-0.2, -0.15) is 18.3 Å². The van der Waals surface area contributed by atoms with Crippen LogP contribution in [0.15, 0.2) is 12.3 Å². The first kappa shape index (κ1) is 15.1. The van der Waals surface area contributed by atoms with E-state index in [9.17, 15) is 13.2 Å². The van der Waals surface area contributed by atoms with E-state index in [0.29, 0.717) is 32.0 Å². The van der Waals surface area contributed by atoms with Gasteiger partial charge in [-0.15, -0.1) is 0 Å². The number of aromatic nitrogens is 2. The Morgan fingerprint density at radius 3 is 2.30 bits per heavy atom. The smallest absolute Gasteiger partial charge is 0.382 e. The van der Waals surface area contributed by atoms with Gasteiger partial charge in [-0.3, -0.25) is 9.58 Å². The van der Waals surface area contributed by atoms with Crippen LogP contribution in [0.25, 0.3) is 0 Å². The summed E-state index contributed by atoms with van der Waals surface area (Å²) in [5.74, 6) is 0.505. The summed E-state index contributed by atoms with van der Waals surface area (Å²) in [6.45, 7) is 3.20. The Labute approximate surface area is 116 Å². The van der Waals surface area contributed by atoms with Gasteiger partial charge in [0.1, 0.15) is 5.82 Å². The molecule has 20 heavy (non-hydrogen) atoms. The number of anilines is 1. The third-order valence-corrected chi connectivity index (χ3v) is 3.39. The quantitative estimate of drug-likeness (QED) is 0.880. The lowest BCUT2D eigenvalue weighted by Crippen LogP contribution is -2.49. The summed E-state index contributed by atoms with van der Waals surface area (Å²) in [5, 5.41) is 4.09. The topological polar surface area (TPSA) is 50.3 Å². The van der Waals surface area contributed by atoms with Crippen molar-refractivity contribution in [1.82, 2.24) is 19.6 Å². The third kappa shape index (κ3) is 5.01. The van der Waals surface area contributed by atoms with Crippen LogP contribution < -0.4 is 5.73 Å². The zero-order valence-electron chi connectivity index (χ0n) is 11.3. The summed E-state index contributed by atoms with van der Waals surface area (Å²) in [6.07, 6.45) is -1.35. The molecule has 2 heterocycles. The van der Waals surface area contributed by atoms with Crippen molar-refractivity contribution >= 4 is 5.82 Å². The zero-order valence-corrected chi connectivity index (χ0v) is 11.3. The molecule has 1 aromatic rings. The minimum absolute atomic E-state index is 0.480. The predicted molar refractivity (Wildman–Crippen MR) is 70.2 cm³/mol. The molecule has 1 aliphatic heterocycles. The minimum Gasteiger partial charge on any atom is -0.382 e. The molecule has 0 aliphatic carbocycles. The molecule has 1 fully saturated rings. The Hall–Kier alpha value is -1.28. The highest BCUT2D eigenvalue weighted by molar-refractivity contribution is 5.23. The summed E-state index contributed by atoms with van der Waals surface area (Å²) < 4.78 is 38.6. The van der Waals surface area contributed by atoms with Gasteiger partial charge in [0.15, 0.2) is 0 Å². The highest BCUT2D eigenvalue weighted by Gasteiger charge is 2.31. The van der Waals surface area contributed by atoms with Gasteiger partial charge in [-0.1, -0.05) is 0 Å². The number of hydrogen-bond acceptors (Lipinski definition) is 4. The maximum atomic E-state index is 12.3. The average Bonchev–Trinajstić information content (AvgIpc) is 2.75. The standard InChI is InChI=1S/C12H20F3N5/c13-12(14,15)10-19-8-6-18(7-9-19)3-1-4-20-5-2-11(16)17-20/h2,5H,1,3-4,6-10H2,(H2,16,17). The summed E-state index contributed by atoms with van der Waals surface area (Å²) in [6, 6.07) is 1.75. The molecule has 0 atom stereocenters. The third-order valence-electron chi connectivity index (χ3n) is 3.39. The number of piperazine rings is 1. The molecule has 1 aliphatic rings. The van der Waals surface area contributed by atoms with Crippen LogP contribution in [0.3, 0.4) is 0 Å². The molecule has 0 aromatic carbocycles. The van der Waals surface area contributed by atoms with Crippen molar-refractivity contribution in [2.24, 2.45) is 0 Å². The Bertz CT molecular complexity index is 409. The fourth-order valence-electron chi connectivity index (χ4n) is 2.38. The van der Waals surface area contributed by atoms with E-state index in [0.717, 1.165) is 19.5 Å². The number of nitrogens with zero attached hydrogens (tertiary/aromatic N) is 4. The fraction of sp³-hybridized carbons (Fsp3) is 0.750. The molecule has 1 saturated heterocycles. The Morgan fingerprint density at radius 2 is 1.75 bits per heavy atom. The van der Waals surface area contributed by atoms with Crippen LogP contribution in [-0.2, 0) is 6.54 Å². The number of aryl methyl sites for hydroxylation is 1. The van der Waals surface area contributed by atoms with E-state index in [1.165, 1.54) is 4.90 Å². The van der Waals surface area contributed by atoms with Crippen LogP contribution in [0, 0.1) is 0 Å². The number of hydrogen-bond donors (Lipinski definition) is 1. The van der Waals surface area contributed by atoms with Gasteiger partial charge in [0, 0.05) is 38.9 Å². The lowest BCUT2D eigenvalue weighted by atomic mass is 10.3. The molecule has 0 saturated carbocycles. The van der Waals surface area contributed by atoms with Crippen LogP contribution in [0.1, 0.15) is 6.42 Å². The molecule has 0 bridgehead atoms. The summed E-state index contributed by atoms with van der Waals surface area (Å²) in [4.78, 5) is 3.66. The average molecular weight is 291 g/mol. The first-order valence-corrected chi connectivity index (χ1v) is 6.73. The number of rotatable bonds is 5. The van der Waals surface area contributed by atoms with E-state index in [2.05, 4.69) is 10.00 Å². The molecular weight excluding hydrogens is 271 g/mol. The lowest BCUT2D eigenvalue weighted by molar-refractivity contribution is -0.149. The van der Waals surface area contributed by atoms with Crippen molar-refractivity contribution in [1.29, 1.82) is 0 Å². The van der Waals surface area contributed by atoms with E-state index >= 15 is 0 Å². The van der Waals surface area contributed by atoms with Gasteiger partial charge in [0.2, 0.25) is 0 Å². The van der Waals surface area contributed by atoms with Crippen LogP contribution >= 0.6 is 0 Å². The highest BCUT2D eigenvalue weighted by atomic mass is 19.4.